The van der Waals surface area contributed by atoms with E-state index in [4.69, 9.17) is 14.2 Å². The molecule has 0 heterocycles. The molecule has 71 heavy (non-hydrogen) atoms. The zero-order valence-corrected chi connectivity index (χ0v) is 45.7. The fourth-order valence-electron chi connectivity index (χ4n) is 7.36. The average Bonchev–Trinajstić information content (AvgIpc) is 3.37. The molecule has 400 valence electrons. The van der Waals surface area contributed by atoms with Gasteiger partial charge in [-0.25, -0.2) is 0 Å². The van der Waals surface area contributed by atoms with Crippen LogP contribution in [0.4, 0.5) is 0 Å². The molecule has 0 saturated carbocycles. The summed E-state index contributed by atoms with van der Waals surface area (Å²) >= 11 is 0. The highest BCUT2D eigenvalue weighted by atomic mass is 16.6. The first kappa shape index (κ1) is 66.6. The second kappa shape index (κ2) is 58.1. The molecular weight excluding hydrogens is 877 g/mol. The van der Waals surface area contributed by atoms with Crippen LogP contribution in [-0.2, 0) is 28.6 Å². The van der Waals surface area contributed by atoms with Gasteiger partial charge in [0.2, 0.25) is 0 Å². The highest BCUT2D eigenvalue weighted by molar-refractivity contribution is 5.71. The van der Waals surface area contributed by atoms with E-state index < -0.39 is 6.10 Å². The van der Waals surface area contributed by atoms with Crippen LogP contribution in [0.3, 0.4) is 0 Å². The van der Waals surface area contributed by atoms with Crippen LogP contribution < -0.4 is 0 Å². The van der Waals surface area contributed by atoms with Crippen LogP contribution in [0.5, 0.6) is 0 Å². The van der Waals surface area contributed by atoms with E-state index in [9.17, 15) is 14.4 Å². The number of esters is 3. The van der Waals surface area contributed by atoms with Crippen molar-refractivity contribution in [1.82, 2.24) is 0 Å². The molecule has 1 unspecified atom stereocenters. The Bertz CT molecular complexity index is 1550. The van der Waals surface area contributed by atoms with Crippen LogP contribution in [-0.4, -0.2) is 37.2 Å². The normalized spacial score (nSPS) is 13.1. The molecule has 0 aliphatic heterocycles. The summed E-state index contributed by atoms with van der Waals surface area (Å²) < 4.78 is 16.8. The van der Waals surface area contributed by atoms with Crippen molar-refractivity contribution < 1.29 is 28.6 Å². The molecule has 0 amide bonds. The SMILES string of the molecule is CC/C=C\C/C=C\C/C=C\C/C=C\C/C=C\CCCCCCCCCC(=O)OCC(COC(=O)CCCCCCC/C=C\CCCC)OC(=O)CCCCC/C=C\C/C=C\C/C=C\C/C=C\C/C=C\CC. The third-order valence-corrected chi connectivity index (χ3v) is 11.6. The first-order valence-corrected chi connectivity index (χ1v) is 28.7. The van der Waals surface area contributed by atoms with Crippen molar-refractivity contribution in [2.75, 3.05) is 13.2 Å². The molecule has 0 aliphatic rings. The topological polar surface area (TPSA) is 78.9 Å². The molecule has 6 heteroatoms. The first-order chi connectivity index (χ1) is 35.0. The highest BCUT2D eigenvalue weighted by Crippen LogP contribution is 2.13. The predicted molar refractivity (Wildman–Crippen MR) is 306 cm³/mol. The van der Waals surface area contributed by atoms with Crippen molar-refractivity contribution in [3.63, 3.8) is 0 Å². The van der Waals surface area contributed by atoms with E-state index in [1.54, 1.807) is 0 Å². The predicted octanol–water partition coefficient (Wildman–Crippen LogP) is 19.4. The van der Waals surface area contributed by atoms with E-state index in [0.29, 0.717) is 12.8 Å². The Balaban J connectivity index is 4.43. The molecule has 0 aromatic carbocycles. The molecule has 6 nitrogen and oxygen atoms in total. The summed E-state index contributed by atoms with van der Waals surface area (Å²) in [6.45, 7) is 6.32. The molecule has 0 N–H and O–H groups in total. The summed E-state index contributed by atoms with van der Waals surface area (Å²) in [4.78, 5) is 38.1. The number of carbonyl (C=O) groups excluding carboxylic acids is 3. The van der Waals surface area contributed by atoms with Crippen LogP contribution in [0.2, 0.25) is 0 Å². The second-order valence-electron chi connectivity index (χ2n) is 18.4. The number of unbranched alkanes of at least 4 members (excludes halogenated alkanes) is 17. The van der Waals surface area contributed by atoms with E-state index in [1.165, 1.54) is 51.4 Å². The van der Waals surface area contributed by atoms with Crippen molar-refractivity contribution in [3.05, 3.63) is 134 Å². The first-order valence-electron chi connectivity index (χ1n) is 28.7. The molecule has 0 rings (SSSR count). The molecule has 0 aromatic rings. The lowest BCUT2D eigenvalue weighted by atomic mass is 10.1. The highest BCUT2D eigenvalue weighted by Gasteiger charge is 2.19. The van der Waals surface area contributed by atoms with E-state index >= 15 is 0 Å². The Morgan fingerprint density at radius 3 is 0.887 bits per heavy atom. The number of rotatable bonds is 50. The summed E-state index contributed by atoms with van der Waals surface area (Å²) in [6.07, 6.45) is 81.5. The van der Waals surface area contributed by atoms with Gasteiger partial charge in [0.05, 0.1) is 0 Å². The smallest absolute Gasteiger partial charge is 0.306 e. The van der Waals surface area contributed by atoms with E-state index in [0.717, 1.165) is 148 Å². The van der Waals surface area contributed by atoms with Gasteiger partial charge in [0, 0.05) is 19.3 Å². The molecule has 0 bridgehead atoms. The standard InChI is InChI=1S/C65H104O6/c1-4-7-10-13-16-19-22-24-26-28-30-31-32-33-35-36-38-40-43-46-49-52-55-58-64(67)70-61-62(60-69-63(66)57-54-51-48-45-42-21-18-15-12-9-6-3)71-65(68)59-56-53-50-47-44-41-39-37-34-29-27-25-23-20-17-14-11-8-5-2/h7-8,10-11,15-20,24-27,30-31,33-35,37,41,44,62H,4-6,9,12-14,21-23,28-29,32,36,38-40,42-43,45-61H2,1-3H3/b10-7-,11-8-,18-15-,19-16-,20-17-,26-24-,27-25-,31-30-,35-33-,37-34-,44-41-. The minimum absolute atomic E-state index is 0.104. The molecule has 0 aliphatic carbocycles. The molecule has 0 spiro atoms. The molecular formula is C65H104O6. The van der Waals surface area contributed by atoms with E-state index in [-0.39, 0.29) is 37.5 Å². The number of allylic oxidation sites excluding steroid dienone is 22. The second-order valence-corrected chi connectivity index (χ2v) is 18.4. The van der Waals surface area contributed by atoms with Crippen molar-refractivity contribution in [2.24, 2.45) is 0 Å². The van der Waals surface area contributed by atoms with Gasteiger partial charge in [0.25, 0.3) is 0 Å². The Morgan fingerprint density at radius 1 is 0.296 bits per heavy atom. The fourth-order valence-corrected chi connectivity index (χ4v) is 7.36. The maximum absolute atomic E-state index is 12.8. The Morgan fingerprint density at radius 2 is 0.549 bits per heavy atom. The van der Waals surface area contributed by atoms with Crippen LogP contribution in [0.1, 0.15) is 239 Å². The lowest BCUT2D eigenvalue weighted by Gasteiger charge is -2.18. The summed E-state index contributed by atoms with van der Waals surface area (Å²) in [5.41, 5.74) is 0. The van der Waals surface area contributed by atoms with Gasteiger partial charge in [0.1, 0.15) is 13.2 Å². The molecule has 0 fully saturated rings. The number of hydrogen-bond donors (Lipinski definition) is 0. The largest absolute Gasteiger partial charge is 0.462 e. The summed E-state index contributed by atoms with van der Waals surface area (Å²) in [5.74, 6) is -0.962. The Hall–Kier alpha value is -4.45. The molecule has 0 saturated heterocycles. The van der Waals surface area contributed by atoms with Crippen molar-refractivity contribution in [3.8, 4) is 0 Å². The van der Waals surface area contributed by atoms with Gasteiger partial charge in [-0.1, -0.05) is 225 Å². The van der Waals surface area contributed by atoms with Crippen molar-refractivity contribution in [1.29, 1.82) is 0 Å². The van der Waals surface area contributed by atoms with Crippen LogP contribution in [0.25, 0.3) is 0 Å². The maximum atomic E-state index is 12.8. The maximum Gasteiger partial charge on any atom is 0.306 e. The lowest BCUT2D eigenvalue weighted by Crippen LogP contribution is -2.30. The van der Waals surface area contributed by atoms with Crippen LogP contribution in [0, 0.1) is 0 Å². The fraction of sp³-hybridized carbons (Fsp3) is 0.615. The third-order valence-electron chi connectivity index (χ3n) is 11.6. The number of ether oxygens (including phenoxy) is 3. The summed E-state index contributed by atoms with van der Waals surface area (Å²) in [6, 6.07) is 0. The average molecular weight is 982 g/mol. The van der Waals surface area contributed by atoms with Crippen LogP contribution >= 0.6 is 0 Å². The quantitative estimate of drug-likeness (QED) is 0.0262. The van der Waals surface area contributed by atoms with Crippen molar-refractivity contribution >= 4 is 17.9 Å². The third kappa shape index (κ3) is 56.3. The van der Waals surface area contributed by atoms with Gasteiger partial charge in [-0.05, 0) is 128 Å². The van der Waals surface area contributed by atoms with E-state index in [2.05, 4.69) is 154 Å². The van der Waals surface area contributed by atoms with Gasteiger partial charge in [-0.2, -0.15) is 0 Å². The van der Waals surface area contributed by atoms with Gasteiger partial charge in [-0.15, -0.1) is 0 Å². The zero-order chi connectivity index (χ0) is 51.4. The van der Waals surface area contributed by atoms with Gasteiger partial charge in [0.15, 0.2) is 6.10 Å². The molecule has 0 radical (unpaired) electrons. The minimum Gasteiger partial charge on any atom is -0.462 e. The molecule has 0 aromatic heterocycles. The minimum atomic E-state index is -0.809. The van der Waals surface area contributed by atoms with Crippen molar-refractivity contribution in [2.45, 2.75) is 245 Å². The number of carbonyl (C=O) groups is 3. The van der Waals surface area contributed by atoms with E-state index in [1.807, 2.05) is 0 Å². The zero-order valence-electron chi connectivity index (χ0n) is 45.7. The van der Waals surface area contributed by atoms with Gasteiger partial charge >= 0.3 is 17.9 Å². The Kier molecular flexibility index (Phi) is 54.5. The summed E-state index contributed by atoms with van der Waals surface area (Å²) in [7, 11) is 0. The van der Waals surface area contributed by atoms with Gasteiger partial charge < -0.3 is 14.2 Å². The monoisotopic (exact) mass is 981 g/mol. The van der Waals surface area contributed by atoms with Crippen LogP contribution in [0.15, 0.2) is 134 Å². The molecule has 1 atom stereocenters. The van der Waals surface area contributed by atoms with Gasteiger partial charge in [-0.3, -0.25) is 14.4 Å². The number of hydrogen-bond acceptors (Lipinski definition) is 6. The Labute approximate surface area is 436 Å². The lowest BCUT2D eigenvalue weighted by molar-refractivity contribution is -0.167. The summed E-state index contributed by atoms with van der Waals surface area (Å²) in [5, 5.41) is 0.